The fourth-order valence-corrected chi connectivity index (χ4v) is 2.72. The molecule has 0 bridgehead atoms. The molecule has 7 heteroatoms. The third kappa shape index (κ3) is 2.91. The first-order valence-electron chi connectivity index (χ1n) is 6.12. The van der Waals surface area contributed by atoms with Gasteiger partial charge in [0.1, 0.15) is 5.82 Å². The van der Waals surface area contributed by atoms with Crippen LogP contribution in [0.5, 0.6) is 0 Å². The molecule has 5 nitrogen and oxygen atoms in total. The summed E-state index contributed by atoms with van der Waals surface area (Å²) in [6.45, 7) is 0. The maximum Gasteiger partial charge on any atom is 0.163 e. The van der Waals surface area contributed by atoms with Crippen molar-refractivity contribution >= 4 is 33.3 Å². The van der Waals surface area contributed by atoms with Crippen LogP contribution >= 0.6 is 27.5 Å². The zero-order valence-corrected chi connectivity index (χ0v) is 13.4. The molecule has 0 unspecified atom stereocenters. The van der Waals surface area contributed by atoms with E-state index in [0.29, 0.717) is 22.4 Å². The maximum absolute atomic E-state index is 6.25. The summed E-state index contributed by atoms with van der Waals surface area (Å²) in [6, 6.07) is 7.26. The van der Waals surface area contributed by atoms with Crippen molar-refractivity contribution in [3.8, 4) is 22.6 Å². The second-order valence-corrected chi connectivity index (χ2v) is 5.85. The molecule has 0 aliphatic heterocycles. The van der Waals surface area contributed by atoms with Crippen LogP contribution < -0.4 is 5.73 Å². The van der Waals surface area contributed by atoms with Crippen molar-refractivity contribution in [3.05, 3.63) is 46.2 Å². The number of aryl methyl sites for hydroxylation is 1. The number of hydrogen-bond acceptors (Lipinski definition) is 4. The SMILES string of the molecule is Cn1cc(-c2cc(N)nc(-c3ccc(Br)cc3Cl)n2)cn1. The Bertz CT molecular complexity index is 815. The number of nitrogens with zero attached hydrogens (tertiary/aromatic N) is 4. The molecular weight excluding hydrogens is 354 g/mol. The summed E-state index contributed by atoms with van der Waals surface area (Å²) in [7, 11) is 1.85. The van der Waals surface area contributed by atoms with Crippen molar-refractivity contribution < 1.29 is 0 Å². The lowest BCUT2D eigenvalue weighted by Crippen LogP contribution is -1.98. The highest BCUT2D eigenvalue weighted by atomic mass is 79.9. The quantitative estimate of drug-likeness (QED) is 0.755. The second-order valence-electron chi connectivity index (χ2n) is 4.53. The van der Waals surface area contributed by atoms with Gasteiger partial charge >= 0.3 is 0 Å². The molecule has 0 amide bonds. The summed E-state index contributed by atoms with van der Waals surface area (Å²) < 4.78 is 2.60. The molecule has 0 spiro atoms. The molecule has 21 heavy (non-hydrogen) atoms. The number of rotatable bonds is 2. The molecule has 0 saturated carbocycles. The molecule has 0 aliphatic carbocycles. The smallest absolute Gasteiger partial charge is 0.163 e. The number of halogens is 2. The van der Waals surface area contributed by atoms with Crippen LogP contribution in [0.15, 0.2) is 41.1 Å². The molecule has 0 radical (unpaired) electrons. The van der Waals surface area contributed by atoms with E-state index in [-0.39, 0.29) is 0 Å². The van der Waals surface area contributed by atoms with Crippen molar-refractivity contribution in [1.82, 2.24) is 19.7 Å². The minimum Gasteiger partial charge on any atom is -0.384 e. The molecule has 2 aromatic heterocycles. The van der Waals surface area contributed by atoms with E-state index in [0.717, 1.165) is 15.6 Å². The van der Waals surface area contributed by atoms with E-state index in [9.17, 15) is 0 Å². The van der Waals surface area contributed by atoms with Crippen molar-refractivity contribution in [2.24, 2.45) is 7.05 Å². The Morgan fingerprint density at radius 1 is 1.24 bits per heavy atom. The van der Waals surface area contributed by atoms with Crippen LogP contribution in [-0.4, -0.2) is 19.7 Å². The lowest BCUT2D eigenvalue weighted by atomic mass is 10.2. The Hall–Kier alpha value is -1.92. The molecule has 3 aromatic rings. The lowest BCUT2D eigenvalue weighted by Gasteiger charge is -2.06. The molecule has 0 saturated heterocycles. The van der Waals surface area contributed by atoms with Gasteiger partial charge in [-0.1, -0.05) is 27.5 Å². The normalized spacial score (nSPS) is 10.8. The van der Waals surface area contributed by atoms with Gasteiger partial charge < -0.3 is 5.73 Å². The van der Waals surface area contributed by atoms with Crippen molar-refractivity contribution in [2.45, 2.75) is 0 Å². The summed E-state index contributed by atoms with van der Waals surface area (Å²) >= 11 is 9.63. The highest BCUT2D eigenvalue weighted by Crippen LogP contribution is 2.30. The van der Waals surface area contributed by atoms with E-state index in [4.69, 9.17) is 17.3 Å². The highest BCUT2D eigenvalue weighted by Gasteiger charge is 2.11. The fraction of sp³-hybridized carbons (Fsp3) is 0.0714. The molecule has 0 fully saturated rings. The number of nitrogens with two attached hydrogens (primary N) is 1. The molecule has 1 aromatic carbocycles. The average Bonchev–Trinajstić information content (AvgIpc) is 2.84. The highest BCUT2D eigenvalue weighted by molar-refractivity contribution is 9.10. The fourth-order valence-electron chi connectivity index (χ4n) is 1.96. The van der Waals surface area contributed by atoms with Gasteiger partial charge in [0.25, 0.3) is 0 Å². The molecular formula is C14H11BrClN5. The number of hydrogen-bond donors (Lipinski definition) is 1. The average molecular weight is 365 g/mol. The molecule has 0 aliphatic rings. The summed E-state index contributed by atoms with van der Waals surface area (Å²) in [5.41, 5.74) is 8.21. The molecule has 2 N–H and O–H groups in total. The Morgan fingerprint density at radius 2 is 2.05 bits per heavy atom. The molecule has 106 valence electrons. The van der Waals surface area contributed by atoms with Crippen molar-refractivity contribution in [3.63, 3.8) is 0 Å². The molecule has 3 rings (SSSR count). The van der Waals surface area contributed by atoms with Gasteiger partial charge in [-0.2, -0.15) is 5.10 Å². The Balaban J connectivity index is 2.13. The van der Waals surface area contributed by atoms with E-state index in [2.05, 4.69) is 31.0 Å². The number of anilines is 1. The zero-order valence-electron chi connectivity index (χ0n) is 11.1. The van der Waals surface area contributed by atoms with Crippen LogP contribution in [0.2, 0.25) is 5.02 Å². The number of benzene rings is 1. The Kier molecular flexibility index (Phi) is 3.65. The van der Waals surface area contributed by atoms with Crippen LogP contribution in [0.3, 0.4) is 0 Å². The van der Waals surface area contributed by atoms with Crippen LogP contribution in [0.25, 0.3) is 22.6 Å². The number of aromatic nitrogens is 4. The third-order valence-electron chi connectivity index (χ3n) is 2.92. The monoisotopic (exact) mass is 363 g/mol. The standard InChI is InChI=1S/C14H11BrClN5/c1-21-7-8(6-18-21)12-5-13(17)20-14(19-12)10-3-2-9(15)4-11(10)16/h2-7H,1H3,(H2,17,19,20). The lowest BCUT2D eigenvalue weighted by molar-refractivity contribution is 0.768. The Labute approximate surface area is 134 Å². The van der Waals surface area contributed by atoms with Crippen molar-refractivity contribution in [2.75, 3.05) is 5.73 Å². The van der Waals surface area contributed by atoms with Gasteiger partial charge in [-0.15, -0.1) is 0 Å². The van der Waals surface area contributed by atoms with E-state index in [1.807, 2.05) is 25.4 Å². The first-order chi connectivity index (χ1) is 10.0. The zero-order chi connectivity index (χ0) is 15.0. The van der Waals surface area contributed by atoms with Crippen LogP contribution in [0, 0.1) is 0 Å². The molecule has 2 heterocycles. The topological polar surface area (TPSA) is 69.6 Å². The van der Waals surface area contributed by atoms with Gasteiger partial charge in [-0.25, -0.2) is 9.97 Å². The predicted molar refractivity (Wildman–Crippen MR) is 86.8 cm³/mol. The van der Waals surface area contributed by atoms with E-state index >= 15 is 0 Å². The van der Waals surface area contributed by atoms with Gasteiger partial charge in [0.15, 0.2) is 5.82 Å². The summed E-state index contributed by atoms with van der Waals surface area (Å²) in [6.07, 6.45) is 3.60. The Morgan fingerprint density at radius 3 is 2.71 bits per heavy atom. The molecule has 0 atom stereocenters. The first kappa shape index (κ1) is 14.0. The second kappa shape index (κ2) is 5.46. The summed E-state index contributed by atoms with van der Waals surface area (Å²) in [4.78, 5) is 8.80. The van der Waals surface area contributed by atoms with E-state index in [1.165, 1.54) is 0 Å². The van der Waals surface area contributed by atoms with E-state index < -0.39 is 0 Å². The van der Waals surface area contributed by atoms with Gasteiger partial charge in [-0.05, 0) is 18.2 Å². The predicted octanol–water partition coefficient (Wildman–Crippen LogP) is 3.54. The minimum absolute atomic E-state index is 0.387. The number of nitrogen functional groups attached to an aromatic ring is 1. The van der Waals surface area contributed by atoms with Gasteiger partial charge in [0.05, 0.1) is 16.9 Å². The first-order valence-corrected chi connectivity index (χ1v) is 7.29. The largest absolute Gasteiger partial charge is 0.384 e. The van der Waals surface area contributed by atoms with Gasteiger partial charge in [-0.3, -0.25) is 4.68 Å². The van der Waals surface area contributed by atoms with E-state index in [1.54, 1.807) is 23.0 Å². The van der Waals surface area contributed by atoms with Gasteiger partial charge in [0.2, 0.25) is 0 Å². The maximum atomic E-state index is 6.25. The summed E-state index contributed by atoms with van der Waals surface area (Å²) in [5, 5.41) is 4.70. The van der Waals surface area contributed by atoms with Crippen LogP contribution in [0.1, 0.15) is 0 Å². The van der Waals surface area contributed by atoms with Crippen LogP contribution in [0.4, 0.5) is 5.82 Å². The van der Waals surface area contributed by atoms with Crippen molar-refractivity contribution in [1.29, 1.82) is 0 Å². The third-order valence-corrected chi connectivity index (χ3v) is 3.72. The minimum atomic E-state index is 0.387. The van der Waals surface area contributed by atoms with Crippen LogP contribution in [-0.2, 0) is 7.05 Å². The summed E-state index contributed by atoms with van der Waals surface area (Å²) in [5.74, 6) is 0.879. The van der Waals surface area contributed by atoms with Gasteiger partial charge in [0, 0.05) is 34.9 Å².